The third-order valence-electron chi connectivity index (χ3n) is 4.02. The number of anilines is 1. The average Bonchev–Trinajstić information content (AvgIpc) is 2.70. The second-order valence-corrected chi connectivity index (χ2v) is 6.84. The summed E-state index contributed by atoms with van der Waals surface area (Å²) in [5.74, 6) is -0.0270. The lowest BCUT2D eigenvalue weighted by atomic mass is 10.0. The number of amides is 1. The molecule has 0 spiro atoms. The van der Waals surface area contributed by atoms with E-state index in [1.54, 1.807) is 11.8 Å². The van der Waals surface area contributed by atoms with Crippen LogP contribution in [0, 0.1) is 0 Å². The maximum absolute atomic E-state index is 12.5. The zero-order chi connectivity index (χ0) is 14.6. The van der Waals surface area contributed by atoms with Gasteiger partial charge in [0.2, 0.25) is 5.91 Å². The minimum absolute atomic E-state index is 0.00378. The summed E-state index contributed by atoms with van der Waals surface area (Å²) in [6, 6.07) is 13.4. The van der Waals surface area contributed by atoms with E-state index in [1.807, 2.05) is 35.2 Å². The third kappa shape index (κ3) is 1.98. The number of benzene rings is 2. The summed E-state index contributed by atoms with van der Waals surface area (Å²) >= 11 is 7.82. The van der Waals surface area contributed by atoms with Crippen LogP contribution in [0.25, 0.3) is 0 Å². The van der Waals surface area contributed by atoms with Gasteiger partial charge >= 0.3 is 0 Å². The molecule has 2 atom stereocenters. The lowest BCUT2D eigenvalue weighted by molar-refractivity contribution is -0.118. The molecule has 1 fully saturated rings. The number of nitrogens with zero attached hydrogens (tertiary/aromatic N) is 1. The van der Waals surface area contributed by atoms with Gasteiger partial charge in [0.05, 0.1) is 17.8 Å². The van der Waals surface area contributed by atoms with Crippen LogP contribution in [0.3, 0.4) is 0 Å². The number of hydrogen-bond donors (Lipinski definition) is 1. The van der Waals surface area contributed by atoms with Crippen molar-refractivity contribution < 1.29 is 4.79 Å². The Bertz CT molecular complexity index is 749. The summed E-state index contributed by atoms with van der Waals surface area (Å²) in [5, 5.41) is 0.632. The maximum Gasteiger partial charge on any atom is 0.244 e. The molecule has 5 heteroatoms. The number of hydrogen-bond acceptors (Lipinski definition) is 3. The van der Waals surface area contributed by atoms with Gasteiger partial charge in [0.25, 0.3) is 0 Å². The lowest BCUT2D eigenvalue weighted by Gasteiger charge is -2.24. The molecule has 4 rings (SSSR count). The van der Waals surface area contributed by atoms with Gasteiger partial charge in [-0.25, -0.2) is 0 Å². The summed E-state index contributed by atoms with van der Waals surface area (Å²) < 4.78 is 0. The van der Waals surface area contributed by atoms with Crippen LogP contribution in [0.4, 0.5) is 5.69 Å². The fourth-order valence-corrected chi connectivity index (χ4v) is 4.33. The Morgan fingerprint density at radius 1 is 1.19 bits per heavy atom. The SMILES string of the molecule is NC1CC2c3ccccc3Sc3ccc(Cl)cc3N2C1=O. The fourth-order valence-electron chi connectivity index (χ4n) is 3.06. The van der Waals surface area contributed by atoms with E-state index < -0.39 is 6.04 Å². The Morgan fingerprint density at radius 2 is 2.00 bits per heavy atom. The van der Waals surface area contributed by atoms with Gasteiger partial charge in [0.15, 0.2) is 0 Å². The van der Waals surface area contributed by atoms with E-state index in [0.29, 0.717) is 11.4 Å². The van der Waals surface area contributed by atoms with Crippen molar-refractivity contribution in [1.29, 1.82) is 0 Å². The molecular weight excluding hydrogens is 304 g/mol. The summed E-state index contributed by atoms with van der Waals surface area (Å²) in [6.07, 6.45) is 0.641. The van der Waals surface area contributed by atoms with Crippen molar-refractivity contribution >= 4 is 35.0 Å². The minimum Gasteiger partial charge on any atom is -0.320 e. The molecule has 106 valence electrons. The molecular formula is C16H13ClN2OS. The molecule has 1 amide bonds. The van der Waals surface area contributed by atoms with Gasteiger partial charge in [-0.1, -0.05) is 41.6 Å². The van der Waals surface area contributed by atoms with Crippen LogP contribution < -0.4 is 10.6 Å². The monoisotopic (exact) mass is 316 g/mol. The highest BCUT2D eigenvalue weighted by atomic mass is 35.5. The van der Waals surface area contributed by atoms with Gasteiger partial charge in [-0.05, 0) is 36.2 Å². The molecule has 2 aliphatic rings. The molecule has 2 N–H and O–H groups in total. The Balaban J connectivity index is 1.98. The van der Waals surface area contributed by atoms with Crippen molar-refractivity contribution in [3.8, 4) is 0 Å². The van der Waals surface area contributed by atoms with Crippen molar-refractivity contribution in [3.63, 3.8) is 0 Å². The largest absolute Gasteiger partial charge is 0.320 e. The van der Waals surface area contributed by atoms with Crippen LogP contribution in [0.2, 0.25) is 5.02 Å². The Morgan fingerprint density at radius 3 is 2.86 bits per heavy atom. The van der Waals surface area contributed by atoms with E-state index >= 15 is 0 Å². The number of rotatable bonds is 0. The molecule has 0 bridgehead atoms. The fraction of sp³-hybridized carbons (Fsp3) is 0.188. The van der Waals surface area contributed by atoms with Gasteiger partial charge in [-0.15, -0.1) is 0 Å². The van der Waals surface area contributed by atoms with Gasteiger partial charge in [0.1, 0.15) is 0 Å². The molecule has 0 radical (unpaired) electrons. The summed E-state index contributed by atoms with van der Waals surface area (Å²) in [5.41, 5.74) is 8.04. The van der Waals surface area contributed by atoms with E-state index in [1.165, 1.54) is 4.90 Å². The first-order chi connectivity index (χ1) is 10.1. The van der Waals surface area contributed by atoms with Gasteiger partial charge in [-0.3, -0.25) is 4.79 Å². The number of carbonyl (C=O) groups is 1. The molecule has 2 aromatic rings. The normalized spacial score (nSPS) is 23.3. The molecule has 0 aromatic heterocycles. The zero-order valence-electron chi connectivity index (χ0n) is 11.1. The number of nitrogens with two attached hydrogens (primary N) is 1. The molecule has 2 aromatic carbocycles. The topological polar surface area (TPSA) is 46.3 Å². The van der Waals surface area contributed by atoms with Crippen LogP contribution in [0.5, 0.6) is 0 Å². The molecule has 1 saturated heterocycles. The van der Waals surface area contributed by atoms with Crippen LogP contribution in [0.15, 0.2) is 52.3 Å². The van der Waals surface area contributed by atoms with E-state index in [4.69, 9.17) is 17.3 Å². The van der Waals surface area contributed by atoms with E-state index in [2.05, 4.69) is 12.1 Å². The minimum atomic E-state index is -0.446. The second-order valence-electron chi connectivity index (χ2n) is 5.32. The highest BCUT2D eigenvalue weighted by Gasteiger charge is 2.42. The predicted molar refractivity (Wildman–Crippen MR) is 84.8 cm³/mol. The highest BCUT2D eigenvalue weighted by Crippen LogP contribution is 2.49. The number of carbonyl (C=O) groups excluding carboxylic acids is 1. The third-order valence-corrected chi connectivity index (χ3v) is 5.41. The Hall–Kier alpha value is -1.49. The van der Waals surface area contributed by atoms with Gasteiger partial charge < -0.3 is 10.6 Å². The molecule has 3 nitrogen and oxygen atoms in total. The van der Waals surface area contributed by atoms with E-state index in [0.717, 1.165) is 16.1 Å². The number of fused-ring (bicyclic) bond motifs is 5. The molecule has 2 aliphatic heterocycles. The smallest absolute Gasteiger partial charge is 0.244 e. The summed E-state index contributed by atoms with van der Waals surface area (Å²) in [4.78, 5) is 16.6. The summed E-state index contributed by atoms with van der Waals surface area (Å²) in [6.45, 7) is 0. The van der Waals surface area contributed by atoms with Crippen molar-refractivity contribution in [3.05, 3.63) is 53.1 Å². The molecule has 21 heavy (non-hydrogen) atoms. The average molecular weight is 317 g/mol. The first kappa shape index (κ1) is 13.2. The van der Waals surface area contributed by atoms with Crippen LogP contribution in [0.1, 0.15) is 18.0 Å². The van der Waals surface area contributed by atoms with Crippen molar-refractivity contribution in [2.75, 3.05) is 4.90 Å². The molecule has 2 heterocycles. The summed E-state index contributed by atoms with van der Waals surface area (Å²) in [7, 11) is 0. The van der Waals surface area contributed by atoms with E-state index in [9.17, 15) is 4.79 Å². The first-order valence-corrected chi connectivity index (χ1v) is 7.99. The van der Waals surface area contributed by atoms with Crippen molar-refractivity contribution in [2.24, 2.45) is 5.73 Å². The van der Waals surface area contributed by atoms with E-state index in [-0.39, 0.29) is 11.9 Å². The van der Waals surface area contributed by atoms with Crippen LogP contribution >= 0.6 is 23.4 Å². The quantitative estimate of drug-likeness (QED) is 0.807. The van der Waals surface area contributed by atoms with Gasteiger partial charge in [-0.2, -0.15) is 0 Å². The zero-order valence-corrected chi connectivity index (χ0v) is 12.7. The van der Waals surface area contributed by atoms with Crippen molar-refractivity contribution in [1.82, 2.24) is 0 Å². The van der Waals surface area contributed by atoms with Gasteiger partial charge in [0, 0.05) is 14.8 Å². The van der Waals surface area contributed by atoms with Crippen molar-refractivity contribution in [2.45, 2.75) is 28.3 Å². The first-order valence-electron chi connectivity index (χ1n) is 6.80. The predicted octanol–water partition coefficient (Wildman–Crippen LogP) is 3.61. The highest BCUT2D eigenvalue weighted by molar-refractivity contribution is 7.99. The Labute approximate surface area is 132 Å². The molecule has 0 aliphatic carbocycles. The lowest BCUT2D eigenvalue weighted by Crippen LogP contribution is -2.34. The Kier molecular flexibility index (Phi) is 2.99. The van der Waals surface area contributed by atoms with Crippen LogP contribution in [-0.4, -0.2) is 11.9 Å². The maximum atomic E-state index is 12.5. The van der Waals surface area contributed by atoms with Crippen LogP contribution in [-0.2, 0) is 4.79 Å². The molecule has 0 saturated carbocycles. The second kappa shape index (κ2) is 4.77. The molecule has 2 unspecified atom stereocenters. The standard InChI is InChI=1S/C16H13ClN2OS/c17-9-5-6-15-13(7-9)19-12(8-11(18)16(19)20)10-3-1-2-4-14(10)21-15/h1-7,11-12H,8,18H2. The number of halogens is 1.